The summed E-state index contributed by atoms with van der Waals surface area (Å²) in [5, 5.41) is 13.3. The van der Waals surface area contributed by atoms with Gasteiger partial charge in [0.25, 0.3) is 11.6 Å². The maximum atomic E-state index is 13.0. The van der Waals surface area contributed by atoms with E-state index in [1.165, 1.54) is 30.3 Å². The first-order chi connectivity index (χ1) is 9.88. The number of nitrogens with two attached hydrogens (primary N) is 1. The van der Waals surface area contributed by atoms with Crippen LogP contribution in [-0.2, 0) is 0 Å². The molecular formula is C14H12FN3O3. The third-order valence-electron chi connectivity index (χ3n) is 2.93. The molecule has 3 N–H and O–H groups in total. The minimum absolute atomic E-state index is 0.00655. The topological polar surface area (TPSA) is 98.3 Å². The third-order valence-corrected chi connectivity index (χ3v) is 2.93. The highest BCUT2D eigenvalue weighted by Gasteiger charge is 2.16. The molecule has 0 radical (unpaired) electrons. The molecule has 0 unspecified atom stereocenters. The second kappa shape index (κ2) is 5.58. The first-order valence-corrected chi connectivity index (χ1v) is 6.00. The molecule has 0 saturated heterocycles. The zero-order valence-electron chi connectivity index (χ0n) is 11.1. The number of carbonyl (C=O) groups is 1. The summed E-state index contributed by atoms with van der Waals surface area (Å²) in [7, 11) is 0. The molecule has 108 valence electrons. The number of hydrogen-bond donors (Lipinski definition) is 2. The molecule has 0 heterocycles. The lowest BCUT2D eigenvalue weighted by Crippen LogP contribution is -2.15. The molecule has 0 bridgehead atoms. The predicted molar refractivity (Wildman–Crippen MR) is 76.6 cm³/mol. The average molecular weight is 289 g/mol. The average Bonchev–Trinajstić information content (AvgIpc) is 2.42. The van der Waals surface area contributed by atoms with Gasteiger partial charge in [0, 0.05) is 23.5 Å². The first kappa shape index (κ1) is 14.4. The van der Waals surface area contributed by atoms with Crippen molar-refractivity contribution in [2.45, 2.75) is 6.92 Å². The number of anilines is 2. The Kier molecular flexibility index (Phi) is 3.84. The molecule has 0 aliphatic carbocycles. The Hall–Kier alpha value is -2.96. The lowest BCUT2D eigenvalue weighted by atomic mass is 10.1. The van der Waals surface area contributed by atoms with E-state index >= 15 is 0 Å². The highest BCUT2D eigenvalue weighted by atomic mass is 19.1. The Labute approximate surface area is 119 Å². The number of nitrogen functional groups attached to an aromatic ring is 1. The van der Waals surface area contributed by atoms with Gasteiger partial charge in [-0.15, -0.1) is 0 Å². The van der Waals surface area contributed by atoms with Gasteiger partial charge in [0.05, 0.1) is 10.5 Å². The van der Waals surface area contributed by atoms with Gasteiger partial charge in [-0.2, -0.15) is 0 Å². The van der Waals surface area contributed by atoms with Crippen molar-refractivity contribution >= 4 is 23.0 Å². The van der Waals surface area contributed by atoms with Crippen molar-refractivity contribution in [2.24, 2.45) is 0 Å². The van der Waals surface area contributed by atoms with Gasteiger partial charge in [0.1, 0.15) is 5.82 Å². The van der Waals surface area contributed by atoms with E-state index in [-0.39, 0.29) is 16.9 Å². The largest absolute Gasteiger partial charge is 0.398 e. The van der Waals surface area contributed by atoms with E-state index < -0.39 is 16.6 Å². The summed E-state index contributed by atoms with van der Waals surface area (Å²) in [4.78, 5) is 22.3. The van der Waals surface area contributed by atoms with Gasteiger partial charge in [0.15, 0.2) is 0 Å². The molecule has 2 rings (SSSR count). The second-order valence-electron chi connectivity index (χ2n) is 4.44. The van der Waals surface area contributed by atoms with Crippen LogP contribution in [0.15, 0.2) is 36.4 Å². The van der Waals surface area contributed by atoms with Crippen LogP contribution in [0.25, 0.3) is 0 Å². The summed E-state index contributed by atoms with van der Waals surface area (Å²) in [5.74, 6) is -1.01. The molecule has 0 atom stereocenters. The van der Waals surface area contributed by atoms with Crippen molar-refractivity contribution in [2.75, 3.05) is 11.1 Å². The molecule has 0 spiro atoms. The van der Waals surface area contributed by atoms with Crippen LogP contribution in [0.5, 0.6) is 0 Å². The van der Waals surface area contributed by atoms with Gasteiger partial charge in [-0.1, -0.05) is 0 Å². The van der Waals surface area contributed by atoms with Crippen molar-refractivity contribution in [1.29, 1.82) is 0 Å². The van der Waals surface area contributed by atoms with Gasteiger partial charge in [-0.3, -0.25) is 14.9 Å². The van der Waals surface area contributed by atoms with Crippen LogP contribution in [0.2, 0.25) is 0 Å². The molecule has 0 fully saturated rings. The van der Waals surface area contributed by atoms with E-state index in [1.54, 1.807) is 6.92 Å². The molecule has 0 aromatic heterocycles. The Morgan fingerprint density at radius 2 is 2.00 bits per heavy atom. The standard InChI is InChI=1S/C14H12FN3O3/c1-8-6-9(15)2-5-13(8)17-14(19)11-7-10(18(20)21)3-4-12(11)16/h2-7H,16H2,1H3,(H,17,19). The number of aryl methyl sites for hydroxylation is 1. The smallest absolute Gasteiger partial charge is 0.270 e. The van der Waals surface area contributed by atoms with E-state index in [2.05, 4.69) is 5.32 Å². The number of nitro groups is 1. The molecule has 7 heteroatoms. The Morgan fingerprint density at radius 1 is 1.29 bits per heavy atom. The van der Waals surface area contributed by atoms with Crippen molar-refractivity contribution in [3.63, 3.8) is 0 Å². The van der Waals surface area contributed by atoms with Crippen molar-refractivity contribution in [1.82, 2.24) is 0 Å². The minimum Gasteiger partial charge on any atom is -0.398 e. The highest BCUT2D eigenvalue weighted by molar-refractivity contribution is 6.08. The fourth-order valence-corrected chi connectivity index (χ4v) is 1.81. The van der Waals surface area contributed by atoms with E-state index in [1.807, 2.05) is 0 Å². The van der Waals surface area contributed by atoms with Crippen LogP contribution in [-0.4, -0.2) is 10.8 Å². The molecule has 0 aliphatic heterocycles. The fourth-order valence-electron chi connectivity index (χ4n) is 1.81. The monoisotopic (exact) mass is 289 g/mol. The van der Waals surface area contributed by atoms with Crippen molar-refractivity contribution in [3.8, 4) is 0 Å². The molecule has 2 aromatic rings. The predicted octanol–water partition coefficient (Wildman–Crippen LogP) is 2.88. The van der Waals surface area contributed by atoms with Crippen LogP contribution >= 0.6 is 0 Å². The van der Waals surface area contributed by atoms with Crippen LogP contribution < -0.4 is 11.1 Å². The molecule has 0 aliphatic rings. The Bertz CT molecular complexity index is 731. The van der Waals surface area contributed by atoms with Gasteiger partial charge < -0.3 is 11.1 Å². The summed E-state index contributed by atoms with van der Waals surface area (Å²) in [6.07, 6.45) is 0. The first-order valence-electron chi connectivity index (χ1n) is 6.00. The summed E-state index contributed by atoms with van der Waals surface area (Å²) in [5.41, 5.74) is 6.49. The Morgan fingerprint density at radius 3 is 2.62 bits per heavy atom. The zero-order chi connectivity index (χ0) is 15.6. The number of nitro benzene ring substituents is 1. The number of carbonyl (C=O) groups excluding carboxylic acids is 1. The second-order valence-corrected chi connectivity index (χ2v) is 4.44. The number of nitrogens with zero attached hydrogens (tertiary/aromatic N) is 1. The van der Waals surface area contributed by atoms with E-state index in [0.717, 1.165) is 6.07 Å². The SMILES string of the molecule is Cc1cc(F)ccc1NC(=O)c1cc([N+](=O)[O-])ccc1N. The van der Waals surface area contributed by atoms with Crippen molar-refractivity contribution < 1.29 is 14.1 Å². The number of benzene rings is 2. The quantitative estimate of drug-likeness (QED) is 0.515. The van der Waals surface area contributed by atoms with Crippen LogP contribution in [0.1, 0.15) is 15.9 Å². The summed E-state index contributed by atoms with van der Waals surface area (Å²) < 4.78 is 13.0. The molecule has 21 heavy (non-hydrogen) atoms. The normalized spacial score (nSPS) is 10.2. The van der Waals surface area contributed by atoms with Crippen LogP contribution in [0.4, 0.5) is 21.5 Å². The molecular weight excluding hydrogens is 277 g/mol. The summed E-state index contributed by atoms with van der Waals surface area (Å²) >= 11 is 0. The summed E-state index contributed by atoms with van der Waals surface area (Å²) in [6.45, 7) is 1.63. The van der Waals surface area contributed by atoms with Crippen molar-refractivity contribution in [3.05, 3.63) is 63.5 Å². The van der Waals surface area contributed by atoms with Crippen LogP contribution in [0.3, 0.4) is 0 Å². The summed E-state index contributed by atoms with van der Waals surface area (Å²) in [6, 6.07) is 7.51. The van der Waals surface area contributed by atoms with E-state index in [9.17, 15) is 19.3 Å². The van der Waals surface area contributed by atoms with Gasteiger partial charge >= 0.3 is 0 Å². The number of non-ortho nitro benzene ring substituents is 1. The molecule has 2 aromatic carbocycles. The molecule has 0 saturated carbocycles. The van der Waals surface area contributed by atoms with Gasteiger partial charge in [-0.25, -0.2) is 4.39 Å². The Balaban J connectivity index is 2.32. The van der Waals surface area contributed by atoms with E-state index in [0.29, 0.717) is 11.3 Å². The number of nitrogens with one attached hydrogen (secondary N) is 1. The highest BCUT2D eigenvalue weighted by Crippen LogP contribution is 2.22. The maximum Gasteiger partial charge on any atom is 0.270 e. The lowest BCUT2D eigenvalue weighted by molar-refractivity contribution is -0.384. The van der Waals surface area contributed by atoms with Crippen LogP contribution in [0, 0.1) is 22.9 Å². The third kappa shape index (κ3) is 3.14. The molecule has 1 amide bonds. The lowest BCUT2D eigenvalue weighted by Gasteiger charge is -2.10. The number of rotatable bonds is 3. The molecule has 6 nitrogen and oxygen atoms in total. The maximum absolute atomic E-state index is 13.0. The number of amides is 1. The van der Waals surface area contributed by atoms with Gasteiger partial charge in [-0.05, 0) is 36.8 Å². The van der Waals surface area contributed by atoms with Gasteiger partial charge in [0.2, 0.25) is 0 Å². The zero-order valence-corrected chi connectivity index (χ0v) is 11.1. The van der Waals surface area contributed by atoms with E-state index in [4.69, 9.17) is 5.73 Å². The fraction of sp³-hybridized carbons (Fsp3) is 0.0714. The number of hydrogen-bond acceptors (Lipinski definition) is 4. The number of halogens is 1. The minimum atomic E-state index is -0.612.